The van der Waals surface area contributed by atoms with Gasteiger partial charge in [0.1, 0.15) is 46.0 Å². The van der Waals surface area contributed by atoms with E-state index in [1.54, 1.807) is 48.8 Å². The first kappa shape index (κ1) is 36.6. The lowest BCUT2D eigenvalue weighted by molar-refractivity contribution is 0.0594. The molecule has 2 saturated carbocycles. The fourth-order valence-corrected chi connectivity index (χ4v) is 6.62. The van der Waals surface area contributed by atoms with Gasteiger partial charge in [0.15, 0.2) is 11.6 Å². The molecule has 0 bridgehead atoms. The van der Waals surface area contributed by atoms with Crippen LogP contribution in [0.5, 0.6) is 0 Å². The van der Waals surface area contributed by atoms with Crippen LogP contribution in [0.25, 0.3) is 23.0 Å². The third kappa shape index (κ3) is 7.83. The molecule has 0 unspecified atom stereocenters. The molecule has 55 heavy (non-hydrogen) atoms. The summed E-state index contributed by atoms with van der Waals surface area (Å²) in [5.41, 5.74) is 7.00. The maximum atomic E-state index is 14.2. The number of anilines is 2. The van der Waals surface area contributed by atoms with Gasteiger partial charge in [0.2, 0.25) is 0 Å². The highest BCUT2D eigenvalue weighted by molar-refractivity contribution is 5.91. The predicted octanol–water partition coefficient (Wildman–Crippen LogP) is 4.75. The second-order valence-electron chi connectivity index (χ2n) is 13.4. The van der Waals surface area contributed by atoms with Gasteiger partial charge in [-0.3, -0.25) is 14.8 Å². The van der Waals surface area contributed by atoms with Crippen LogP contribution in [0.4, 0.5) is 20.4 Å². The number of hydrogen-bond donors (Lipinski definition) is 5. The van der Waals surface area contributed by atoms with E-state index in [1.165, 1.54) is 31.6 Å². The number of rotatable bonds is 12. The number of amides is 1. The first-order chi connectivity index (χ1) is 26.7. The summed E-state index contributed by atoms with van der Waals surface area (Å²) in [5.74, 6) is 0.340. The molecule has 282 valence electrons. The van der Waals surface area contributed by atoms with Crippen LogP contribution in [-0.2, 0) is 15.6 Å². The Labute approximate surface area is 313 Å². The highest BCUT2D eigenvalue weighted by Crippen LogP contribution is 2.44. The maximum Gasteiger partial charge on any atom is 0.356 e. The lowest BCUT2D eigenvalue weighted by Crippen LogP contribution is -2.42. The fourth-order valence-electron chi connectivity index (χ4n) is 6.62. The molecule has 0 spiro atoms. The SMILES string of the molecule is COC(=O)c1cnc(-c2ccc(NCC3(c4ncccc4F)CCC3)nn2)[nH]1.NC(=O)c1cnc(-c2ccc(NCC3(c4ncccc4F)CCC3)nn2)[nH]1. The summed E-state index contributed by atoms with van der Waals surface area (Å²) in [7, 11) is 1.30. The average molecular weight is 750 g/mol. The van der Waals surface area contributed by atoms with Crippen molar-refractivity contribution in [2.24, 2.45) is 5.73 Å². The molecule has 0 aliphatic heterocycles. The van der Waals surface area contributed by atoms with Crippen LogP contribution in [0.3, 0.4) is 0 Å². The monoisotopic (exact) mass is 749 g/mol. The van der Waals surface area contributed by atoms with Crippen LogP contribution in [0, 0.1) is 11.6 Å². The number of esters is 1. The molecule has 2 fully saturated rings. The number of imidazole rings is 2. The standard InChI is InChI=1S/C19H19FN6O2.C18H18FN7O/c1-28-18(27)14-10-22-17(24-14)13-5-6-15(26-25-13)23-11-19(7-3-8-19)16-12(20)4-2-9-21-16;19-11-3-1-8-21-15(11)18(6-2-7-18)10-23-14-5-4-12(25-26-14)17-22-9-13(24-17)16(20)27/h2,4-6,9-10H,3,7-8,11H2,1H3,(H,22,24)(H,23,26);1,3-5,8-9H,2,6-7,10H2,(H2,20,27)(H,22,24)(H,23,26). The zero-order valence-corrected chi connectivity index (χ0v) is 29.7. The summed E-state index contributed by atoms with van der Waals surface area (Å²) in [6, 6.07) is 13.1. The van der Waals surface area contributed by atoms with Gasteiger partial charge in [0, 0.05) is 36.3 Å². The Balaban J connectivity index is 0.000000169. The van der Waals surface area contributed by atoms with Gasteiger partial charge in [0.05, 0.1) is 30.9 Å². The number of primary amides is 1. The van der Waals surface area contributed by atoms with E-state index in [1.807, 2.05) is 0 Å². The van der Waals surface area contributed by atoms with Crippen LogP contribution in [0.2, 0.25) is 0 Å². The minimum Gasteiger partial charge on any atom is -0.464 e. The van der Waals surface area contributed by atoms with Crippen LogP contribution >= 0.6 is 0 Å². The van der Waals surface area contributed by atoms with E-state index in [9.17, 15) is 18.4 Å². The Morgan fingerprint density at radius 1 is 0.709 bits per heavy atom. The average Bonchev–Trinajstić information content (AvgIpc) is 3.88. The summed E-state index contributed by atoms with van der Waals surface area (Å²) in [5, 5.41) is 23.0. The molecule has 0 aromatic carbocycles. The van der Waals surface area contributed by atoms with E-state index in [-0.39, 0.29) is 33.9 Å². The number of pyridine rings is 2. The number of methoxy groups -OCH3 is 1. The molecule has 1 amide bonds. The fraction of sp³-hybridized carbons (Fsp3) is 0.297. The summed E-state index contributed by atoms with van der Waals surface area (Å²) >= 11 is 0. The Kier molecular flexibility index (Phi) is 10.5. The summed E-state index contributed by atoms with van der Waals surface area (Å²) in [6.07, 6.45) is 11.6. The van der Waals surface area contributed by atoms with E-state index in [0.29, 0.717) is 59.1 Å². The van der Waals surface area contributed by atoms with Crippen molar-refractivity contribution in [2.45, 2.75) is 49.4 Å². The number of nitrogens with zero attached hydrogens (tertiary/aromatic N) is 8. The van der Waals surface area contributed by atoms with E-state index >= 15 is 0 Å². The number of nitrogens with one attached hydrogen (secondary N) is 4. The Bertz CT molecular complexity index is 2270. The van der Waals surface area contributed by atoms with Crippen LogP contribution in [0.15, 0.2) is 73.3 Å². The van der Waals surface area contributed by atoms with Crippen LogP contribution < -0.4 is 16.4 Å². The van der Waals surface area contributed by atoms with E-state index in [0.717, 1.165) is 38.5 Å². The maximum absolute atomic E-state index is 14.2. The third-order valence-electron chi connectivity index (χ3n) is 10.00. The molecule has 0 radical (unpaired) electrons. The number of hydrogen-bond acceptors (Lipinski definition) is 13. The summed E-state index contributed by atoms with van der Waals surface area (Å²) in [6.45, 7) is 1.06. The minimum absolute atomic E-state index is 0.207. The number of H-pyrrole nitrogens is 2. The Hall–Kier alpha value is -6.72. The number of nitrogens with two attached hydrogens (primary N) is 1. The first-order valence-electron chi connectivity index (χ1n) is 17.5. The number of halogens is 2. The number of carbonyl (C=O) groups excluding carboxylic acids is 2. The lowest BCUT2D eigenvalue weighted by Gasteiger charge is -2.41. The van der Waals surface area contributed by atoms with Gasteiger partial charge in [-0.2, -0.15) is 0 Å². The van der Waals surface area contributed by atoms with Crippen molar-refractivity contribution in [3.63, 3.8) is 0 Å². The highest BCUT2D eigenvalue weighted by Gasteiger charge is 2.43. The number of carbonyl (C=O) groups is 2. The molecule has 6 aromatic heterocycles. The molecule has 8 rings (SSSR count). The van der Waals surface area contributed by atoms with E-state index in [4.69, 9.17) is 5.73 Å². The predicted molar refractivity (Wildman–Crippen MR) is 196 cm³/mol. The number of ether oxygens (including phenoxy) is 1. The van der Waals surface area contributed by atoms with Crippen molar-refractivity contribution >= 4 is 23.5 Å². The smallest absolute Gasteiger partial charge is 0.356 e. The van der Waals surface area contributed by atoms with Crippen molar-refractivity contribution in [2.75, 3.05) is 30.8 Å². The van der Waals surface area contributed by atoms with Crippen LogP contribution in [-0.4, -0.2) is 82.4 Å². The van der Waals surface area contributed by atoms with Crippen molar-refractivity contribution in [3.8, 4) is 23.0 Å². The van der Waals surface area contributed by atoms with Crippen molar-refractivity contribution in [3.05, 3.63) is 108 Å². The highest BCUT2D eigenvalue weighted by atomic mass is 19.1. The molecule has 6 aromatic rings. The minimum atomic E-state index is -0.590. The van der Waals surface area contributed by atoms with Gasteiger partial charge in [-0.15, -0.1) is 20.4 Å². The molecule has 0 saturated heterocycles. The van der Waals surface area contributed by atoms with Gasteiger partial charge in [-0.25, -0.2) is 23.5 Å². The molecule has 6 N–H and O–H groups in total. The van der Waals surface area contributed by atoms with Crippen molar-refractivity contribution < 1.29 is 23.1 Å². The molecular formula is C37H37F2N13O3. The van der Waals surface area contributed by atoms with Gasteiger partial charge in [-0.05, 0) is 74.2 Å². The van der Waals surface area contributed by atoms with E-state index < -0.39 is 11.9 Å². The van der Waals surface area contributed by atoms with Gasteiger partial charge in [0.25, 0.3) is 5.91 Å². The van der Waals surface area contributed by atoms with Crippen molar-refractivity contribution in [1.29, 1.82) is 0 Å². The van der Waals surface area contributed by atoms with Crippen molar-refractivity contribution in [1.82, 2.24) is 50.3 Å². The molecule has 6 heterocycles. The second kappa shape index (κ2) is 15.7. The van der Waals surface area contributed by atoms with Gasteiger partial charge >= 0.3 is 5.97 Å². The molecule has 0 atom stereocenters. The Morgan fingerprint density at radius 3 is 1.55 bits per heavy atom. The third-order valence-corrected chi connectivity index (χ3v) is 10.00. The van der Waals surface area contributed by atoms with Crippen LogP contribution in [0.1, 0.15) is 70.9 Å². The summed E-state index contributed by atoms with van der Waals surface area (Å²) in [4.78, 5) is 45.0. The largest absolute Gasteiger partial charge is 0.464 e. The zero-order valence-electron chi connectivity index (χ0n) is 29.7. The first-order valence-corrected chi connectivity index (χ1v) is 17.5. The number of aromatic nitrogens is 10. The zero-order chi connectivity index (χ0) is 38.4. The van der Waals surface area contributed by atoms with Gasteiger partial charge < -0.3 is 31.1 Å². The number of aromatic amines is 2. The van der Waals surface area contributed by atoms with Gasteiger partial charge in [-0.1, -0.05) is 12.8 Å². The molecule has 2 aliphatic rings. The molecule has 18 heteroatoms. The molecule has 2 aliphatic carbocycles. The summed E-state index contributed by atoms with van der Waals surface area (Å²) < 4.78 is 33.0. The lowest BCUT2D eigenvalue weighted by atomic mass is 9.66. The second-order valence-corrected chi connectivity index (χ2v) is 13.4. The topological polar surface area (TPSA) is 228 Å². The Morgan fingerprint density at radius 2 is 1.18 bits per heavy atom. The normalized spacial score (nSPS) is 15.0. The quantitative estimate of drug-likeness (QED) is 0.107. The van der Waals surface area contributed by atoms with E-state index in [2.05, 4.69) is 65.7 Å². The molecule has 16 nitrogen and oxygen atoms in total. The molecular weight excluding hydrogens is 712 g/mol.